The number of rotatable bonds is 4. The van der Waals surface area contributed by atoms with Gasteiger partial charge < -0.3 is 10.6 Å². The highest BCUT2D eigenvalue weighted by Gasteiger charge is 2.53. The topological polar surface area (TPSA) is 46.3 Å². The fraction of sp³-hybridized carbons (Fsp3) is 0.933. The summed E-state index contributed by atoms with van der Waals surface area (Å²) in [6, 6.07) is 0. The summed E-state index contributed by atoms with van der Waals surface area (Å²) in [5, 5.41) is 0. The van der Waals surface area contributed by atoms with E-state index < -0.39 is 0 Å². The number of hydrogen-bond acceptors (Lipinski definition) is 2. The highest BCUT2D eigenvalue weighted by atomic mass is 16.2. The maximum absolute atomic E-state index is 12.1. The summed E-state index contributed by atoms with van der Waals surface area (Å²) < 4.78 is 0. The molecule has 3 heteroatoms. The minimum absolute atomic E-state index is 0.218. The lowest BCUT2D eigenvalue weighted by Crippen LogP contribution is -2.61. The highest BCUT2D eigenvalue weighted by molar-refractivity contribution is 5.74. The average molecular weight is 250 g/mol. The Morgan fingerprint density at radius 3 is 2.06 bits per heavy atom. The van der Waals surface area contributed by atoms with E-state index in [-0.39, 0.29) is 11.4 Å². The van der Waals surface area contributed by atoms with Gasteiger partial charge in [-0.15, -0.1) is 0 Å². The zero-order chi connectivity index (χ0) is 12.8. The zero-order valence-corrected chi connectivity index (χ0v) is 11.5. The van der Waals surface area contributed by atoms with Crippen LogP contribution in [0.25, 0.3) is 0 Å². The van der Waals surface area contributed by atoms with Crippen LogP contribution in [0.4, 0.5) is 0 Å². The molecule has 4 aliphatic rings. The standard InChI is InChI=1S/C15H26N2O/c1-11(18)17(4-2-3-16)15-8-12-5-13(9-15)7-14(6-12)10-15/h12-14H,2-10,16H2,1H3. The summed E-state index contributed by atoms with van der Waals surface area (Å²) in [7, 11) is 0. The number of carbonyl (C=O) groups excluding carboxylic acids is 1. The molecule has 2 N–H and O–H groups in total. The second kappa shape index (κ2) is 4.52. The molecule has 0 aromatic heterocycles. The third-order valence-electron chi connectivity index (χ3n) is 5.54. The Morgan fingerprint density at radius 2 is 1.67 bits per heavy atom. The molecule has 0 spiro atoms. The van der Waals surface area contributed by atoms with Crippen molar-refractivity contribution >= 4 is 5.91 Å². The van der Waals surface area contributed by atoms with Crippen molar-refractivity contribution in [1.82, 2.24) is 4.90 Å². The quantitative estimate of drug-likeness (QED) is 0.831. The molecule has 0 unspecified atom stereocenters. The first kappa shape index (κ1) is 12.5. The molecule has 4 saturated carbocycles. The first-order valence-corrected chi connectivity index (χ1v) is 7.61. The van der Waals surface area contributed by atoms with E-state index in [9.17, 15) is 4.79 Å². The molecule has 0 aromatic carbocycles. The van der Waals surface area contributed by atoms with Crippen molar-refractivity contribution in [3.8, 4) is 0 Å². The molecule has 4 fully saturated rings. The van der Waals surface area contributed by atoms with Gasteiger partial charge in [-0.2, -0.15) is 0 Å². The third-order valence-corrected chi connectivity index (χ3v) is 5.54. The van der Waals surface area contributed by atoms with E-state index >= 15 is 0 Å². The molecule has 0 aromatic rings. The Bertz CT molecular complexity index is 304. The van der Waals surface area contributed by atoms with Crippen LogP contribution in [0.3, 0.4) is 0 Å². The van der Waals surface area contributed by atoms with Gasteiger partial charge >= 0.3 is 0 Å². The van der Waals surface area contributed by atoms with E-state index in [1.54, 1.807) is 6.92 Å². The van der Waals surface area contributed by atoms with Crippen molar-refractivity contribution in [3.63, 3.8) is 0 Å². The van der Waals surface area contributed by atoms with E-state index in [0.717, 1.165) is 30.7 Å². The van der Waals surface area contributed by atoms with Gasteiger partial charge in [-0.25, -0.2) is 0 Å². The average Bonchev–Trinajstić information content (AvgIpc) is 2.26. The molecule has 0 atom stereocenters. The Balaban J connectivity index is 1.81. The predicted octanol–water partition coefficient (Wildman–Crippen LogP) is 2.15. The summed E-state index contributed by atoms with van der Waals surface area (Å²) in [6.07, 6.45) is 9.04. The van der Waals surface area contributed by atoms with Crippen LogP contribution in [0, 0.1) is 17.8 Å². The van der Waals surface area contributed by atoms with E-state index in [4.69, 9.17) is 5.73 Å². The zero-order valence-electron chi connectivity index (χ0n) is 11.5. The number of amides is 1. The number of hydrogen-bond donors (Lipinski definition) is 1. The van der Waals surface area contributed by atoms with Crippen LogP contribution in [0.2, 0.25) is 0 Å². The van der Waals surface area contributed by atoms with Gasteiger partial charge in [-0.1, -0.05) is 0 Å². The van der Waals surface area contributed by atoms with Gasteiger partial charge in [-0.05, 0) is 69.2 Å². The molecule has 0 aliphatic heterocycles. The largest absolute Gasteiger partial charge is 0.337 e. The van der Waals surface area contributed by atoms with Crippen molar-refractivity contribution in [2.45, 2.75) is 57.4 Å². The molecule has 0 radical (unpaired) electrons. The second-order valence-corrected chi connectivity index (χ2v) is 6.95. The van der Waals surface area contributed by atoms with Crippen molar-refractivity contribution in [2.75, 3.05) is 13.1 Å². The Morgan fingerprint density at radius 1 is 1.17 bits per heavy atom. The molecule has 4 rings (SSSR count). The van der Waals surface area contributed by atoms with Crippen LogP contribution in [0.5, 0.6) is 0 Å². The predicted molar refractivity (Wildman–Crippen MR) is 72.0 cm³/mol. The molecule has 0 saturated heterocycles. The van der Waals surface area contributed by atoms with Gasteiger partial charge in [0.05, 0.1) is 0 Å². The first-order chi connectivity index (χ1) is 8.63. The molecule has 0 heterocycles. The maximum Gasteiger partial charge on any atom is 0.219 e. The smallest absolute Gasteiger partial charge is 0.219 e. The van der Waals surface area contributed by atoms with Gasteiger partial charge in [0.15, 0.2) is 0 Å². The molecule has 4 bridgehead atoms. The van der Waals surface area contributed by atoms with Gasteiger partial charge in [0.25, 0.3) is 0 Å². The molecular weight excluding hydrogens is 224 g/mol. The minimum atomic E-state index is 0.218. The monoisotopic (exact) mass is 250 g/mol. The van der Waals surface area contributed by atoms with Crippen molar-refractivity contribution < 1.29 is 4.79 Å². The van der Waals surface area contributed by atoms with Gasteiger partial charge in [-0.3, -0.25) is 4.79 Å². The summed E-state index contributed by atoms with van der Waals surface area (Å²) in [6.45, 7) is 3.31. The van der Waals surface area contributed by atoms with Crippen LogP contribution < -0.4 is 5.73 Å². The Labute approximate surface area is 110 Å². The van der Waals surface area contributed by atoms with Crippen LogP contribution >= 0.6 is 0 Å². The van der Waals surface area contributed by atoms with Crippen LogP contribution in [0.1, 0.15) is 51.9 Å². The fourth-order valence-electron chi connectivity index (χ4n) is 5.37. The summed E-state index contributed by atoms with van der Waals surface area (Å²) in [5.41, 5.74) is 5.85. The normalized spacial score (nSPS) is 41.1. The van der Waals surface area contributed by atoms with Crippen molar-refractivity contribution in [2.24, 2.45) is 23.5 Å². The van der Waals surface area contributed by atoms with E-state index in [2.05, 4.69) is 4.90 Å². The minimum Gasteiger partial charge on any atom is -0.337 e. The third kappa shape index (κ3) is 1.97. The fourth-order valence-corrected chi connectivity index (χ4v) is 5.37. The summed E-state index contributed by atoms with van der Waals surface area (Å²) in [4.78, 5) is 14.2. The van der Waals surface area contributed by atoms with E-state index in [1.165, 1.54) is 38.5 Å². The van der Waals surface area contributed by atoms with Crippen molar-refractivity contribution in [3.05, 3.63) is 0 Å². The number of nitrogens with two attached hydrogens (primary N) is 1. The maximum atomic E-state index is 12.1. The number of carbonyl (C=O) groups is 1. The van der Waals surface area contributed by atoms with Crippen LogP contribution in [0.15, 0.2) is 0 Å². The van der Waals surface area contributed by atoms with Gasteiger partial charge in [0.1, 0.15) is 0 Å². The van der Waals surface area contributed by atoms with E-state index in [1.807, 2.05) is 0 Å². The second-order valence-electron chi connectivity index (χ2n) is 6.95. The lowest BCUT2D eigenvalue weighted by atomic mass is 9.52. The van der Waals surface area contributed by atoms with Gasteiger partial charge in [0, 0.05) is 19.0 Å². The Kier molecular flexibility index (Phi) is 3.13. The number of nitrogens with zero attached hydrogens (tertiary/aromatic N) is 1. The van der Waals surface area contributed by atoms with Gasteiger partial charge in [0.2, 0.25) is 5.91 Å². The lowest BCUT2D eigenvalue weighted by Gasteiger charge is -2.60. The summed E-state index contributed by atoms with van der Waals surface area (Å²) in [5.74, 6) is 2.97. The molecule has 3 nitrogen and oxygen atoms in total. The molecular formula is C15H26N2O. The molecule has 4 aliphatic carbocycles. The lowest BCUT2D eigenvalue weighted by molar-refractivity contribution is -0.148. The SMILES string of the molecule is CC(=O)N(CCCN)C12CC3CC(CC(C3)C1)C2. The van der Waals surface area contributed by atoms with Crippen LogP contribution in [-0.4, -0.2) is 29.4 Å². The van der Waals surface area contributed by atoms with Crippen LogP contribution in [-0.2, 0) is 4.79 Å². The highest BCUT2D eigenvalue weighted by Crippen LogP contribution is 2.57. The molecule has 102 valence electrons. The first-order valence-electron chi connectivity index (χ1n) is 7.61. The molecule has 1 amide bonds. The van der Waals surface area contributed by atoms with E-state index in [0.29, 0.717) is 6.54 Å². The molecule has 18 heavy (non-hydrogen) atoms. The Hall–Kier alpha value is -0.570. The van der Waals surface area contributed by atoms with Crippen molar-refractivity contribution in [1.29, 1.82) is 0 Å². The summed E-state index contributed by atoms with van der Waals surface area (Å²) >= 11 is 0.